The van der Waals surface area contributed by atoms with Crippen LogP contribution < -0.4 is 4.74 Å². The lowest BCUT2D eigenvalue weighted by Crippen LogP contribution is -2.49. The third kappa shape index (κ3) is 3.62. The van der Waals surface area contributed by atoms with Crippen LogP contribution in [0.4, 0.5) is 0 Å². The minimum absolute atomic E-state index is 0.328. The number of esters is 1. The summed E-state index contributed by atoms with van der Waals surface area (Å²) in [6.45, 7) is 3.80. The molecule has 0 saturated heterocycles. The van der Waals surface area contributed by atoms with Crippen LogP contribution in [0.3, 0.4) is 0 Å². The number of carboxylic acid groups (broad SMARTS) is 1. The Hall–Kier alpha value is -3.77. The monoisotopic (exact) mass is 443 g/mol. The molecule has 0 spiro atoms. The number of hydrogen-bond acceptors (Lipinski definition) is 5. The highest BCUT2D eigenvalue weighted by Gasteiger charge is 2.86. The topological polar surface area (TPSA) is 96.6 Å². The Labute approximate surface area is 193 Å². The molecular weight excluding hydrogens is 418 g/mol. The Morgan fingerprint density at radius 3 is 2.24 bits per heavy atom. The van der Waals surface area contributed by atoms with Crippen molar-refractivity contribution in [3.05, 3.63) is 66.2 Å². The Kier molecular flexibility index (Phi) is 5.64. The van der Waals surface area contributed by atoms with E-state index in [1.54, 1.807) is 74.5 Å². The smallest absolute Gasteiger partial charge is 0.384 e. The number of rotatable bonds is 7. The highest BCUT2D eigenvalue weighted by atomic mass is 16.5. The minimum atomic E-state index is -1.89. The van der Waals surface area contributed by atoms with E-state index in [1.165, 1.54) is 0 Å². The van der Waals surface area contributed by atoms with Crippen molar-refractivity contribution in [1.82, 2.24) is 0 Å². The molecular formula is C27H25NO5. The van der Waals surface area contributed by atoms with Gasteiger partial charge >= 0.3 is 11.9 Å². The summed E-state index contributed by atoms with van der Waals surface area (Å²) in [5.74, 6) is 3.33. The molecule has 1 N–H and O–H groups in total. The number of hydrogen-bond donors (Lipinski definition) is 1. The molecule has 2 saturated carbocycles. The lowest BCUT2D eigenvalue weighted by molar-refractivity contribution is -0.154. The summed E-state index contributed by atoms with van der Waals surface area (Å²) in [4.78, 5) is 25.1. The SMILES string of the molecule is CC1(C)[C@@H](C#CC(=O)OCC2CC2)[C@]1(C(=O)O)[C@@](C#N)(Oc1ccccc1)c1ccccc1. The maximum Gasteiger partial charge on any atom is 0.384 e. The molecule has 168 valence electrons. The van der Waals surface area contributed by atoms with Crippen LogP contribution in [0.2, 0.25) is 0 Å². The molecule has 3 atom stereocenters. The summed E-state index contributed by atoms with van der Waals surface area (Å²) in [5, 5.41) is 21.1. The standard InChI is InChI=1S/C27H25NO5/c1-25(2)22(15-16-23(29)32-17-19-13-14-19)27(25,24(30)31)26(18-28,20-9-5-3-6-10-20)33-21-11-7-4-8-12-21/h3-12,19,22H,13-14,17H2,1-2H3,(H,30,31)/t22-,26+,27-/m1/s1. The molecule has 2 aromatic carbocycles. The normalized spacial score (nSPS) is 24.2. The summed E-state index contributed by atoms with van der Waals surface area (Å²) in [5.41, 5.74) is -4.17. The molecule has 2 aromatic rings. The van der Waals surface area contributed by atoms with E-state index in [0.717, 1.165) is 12.8 Å². The van der Waals surface area contributed by atoms with E-state index in [-0.39, 0.29) is 0 Å². The van der Waals surface area contributed by atoms with Crippen LogP contribution in [0, 0.1) is 45.8 Å². The Bertz CT molecular complexity index is 1150. The molecule has 6 nitrogen and oxygen atoms in total. The largest absolute Gasteiger partial charge is 0.481 e. The van der Waals surface area contributed by atoms with Crippen LogP contribution >= 0.6 is 0 Å². The zero-order chi connectivity index (χ0) is 23.7. The lowest BCUT2D eigenvalue weighted by atomic mass is 9.74. The van der Waals surface area contributed by atoms with E-state index in [1.807, 2.05) is 0 Å². The van der Waals surface area contributed by atoms with Gasteiger partial charge in [-0.05, 0) is 30.9 Å². The van der Waals surface area contributed by atoms with Crippen molar-refractivity contribution in [1.29, 1.82) is 5.26 Å². The first kappa shape index (κ1) is 22.4. The van der Waals surface area contributed by atoms with Gasteiger partial charge in [0.1, 0.15) is 17.2 Å². The number of nitriles is 1. The van der Waals surface area contributed by atoms with Crippen LogP contribution in [0.1, 0.15) is 32.3 Å². The molecule has 33 heavy (non-hydrogen) atoms. The molecule has 0 heterocycles. The van der Waals surface area contributed by atoms with E-state index in [0.29, 0.717) is 23.8 Å². The van der Waals surface area contributed by atoms with Crippen LogP contribution in [0.5, 0.6) is 5.75 Å². The minimum Gasteiger partial charge on any atom is -0.481 e. The van der Waals surface area contributed by atoms with Gasteiger partial charge in [0, 0.05) is 22.8 Å². The Morgan fingerprint density at radius 1 is 1.09 bits per heavy atom. The summed E-state index contributed by atoms with van der Waals surface area (Å²) < 4.78 is 11.4. The Balaban J connectivity index is 1.80. The maximum absolute atomic E-state index is 12.9. The van der Waals surface area contributed by atoms with Crippen molar-refractivity contribution in [2.45, 2.75) is 32.3 Å². The fourth-order valence-corrected chi connectivity index (χ4v) is 4.78. The van der Waals surface area contributed by atoms with Gasteiger partial charge in [0.05, 0.1) is 6.61 Å². The first-order valence-corrected chi connectivity index (χ1v) is 10.9. The Morgan fingerprint density at radius 2 is 1.70 bits per heavy atom. The van der Waals surface area contributed by atoms with Crippen LogP contribution in [-0.4, -0.2) is 23.7 Å². The van der Waals surface area contributed by atoms with Gasteiger partial charge in [-0.2, -0.15) is 5.26 Å². The molecule has 0 unspecified atom stereocenters. The molecule has 2 fully saturated rings. The van der Waals surface area contributed by atoms with Gasteiger partial charge in [0.2, 0.25) is 5.60 Å². The first-order chi connectivity index (χ1) is 15.8. The second-order valence-electron chi connectivity index (χ2n) is 9.15. The summed E-state index contributed by atoms with van der Waals surface area (Å²) >= 11 is 0. The molecule has 6 heteroatoms. The molecule has 0 aromatic heterocycles. The first-order valence-electron chi connectivity index (χ1n) is 10.9. The van der Waals surface area contributed by atoms with Gasteiger partial charge in [-0.1, -0.05) is 68.3 Å². The van der Waals surface area contributed by atoms with Crippen molar-refractivity contribution in [2.24, 2.45) is 22.7 Å². The average Bonchev–Trinajstić information content (AvgIpc) is 3.72. The van der Waals surface area contributed by atoms with Gasteiger partial charge in [-0.15, -0.1) is 0 Å². The van der Waals surface area contributed by atoms with Crippen molar-refractivity contribution in [3.8, 4) is 23.7 Å². The van der Waals surface area contributed by atoms with Crippen molar-refractivity contribution < 1.29 is 24.2 Å². The van der Waals surface area contributed by atoms with E-state index >= 15 is 0 Å². The molecule has 2 aliphatic rings. The predicted octanol–water partition coefficient (Wildman–Crippen LogP) is 4.17. The number of carbonyl (C=O) groups excluding carboxylic acids is 1. The number of aliphatic carboxylic acids is 1. The second-order valence-corrected chi connectivity index (χ2v) is 9.15. The molecule has 4 rings (SSSR count). The zero-order valence-electron chi connectivity index (χ0n) is 18.6. The van der Waals surface area contributed by atoms with E-state index in [9.17, 15) is 20.0 Å². The molecule has 0 bridgehead atoms. The number of ether oxygens (including phenoxy) is 2. The summed E-state index contributed by atoms with van der Waals surface area (Å²) in [6.07, 6.45) is 2.08. The highest BCUT2D eigenvalue weighted by Crippen LogP contribution is 2.76. The van der Waals surface area contributed by atoms with E-state index in [2.05, 4.69) is 17.9 Å². The zero-order valence-corrected chi connectivity index (χ0v) is 18.6. The lowest BCUT2D eigenvalue weighted by Gasteiger charge is -2.36. The van der Waals surface area contributed by atoms with Gasteiger partial charge in [0.25, 0.3) is 0 Å². The average molecular weight is 443 g/mol. The molecule has 2 aliphatic carbocycles. The van der Waals surface area contributed by atoms with Crippen molar-refractivity contribution >= 4 is 11.9 Å². The highest BCUT2D eigenvalue weighted by molar-refractivity contribution is 5.90. The number of carboxylic acids is 1. The van der Waals surface area contributed by atoms with Gasteiger partial charge in [0.15, 0.2) is 0 Å². The van der Waals surface area contributed by atoms with Gasteiger partial charge in [-0.3, -0.25) is 4.79 Å². The second kappa shape index (κ2) is 8.30. The molecule has 0 radical (unpaired) electrons. The maximum atomic E-state index is 12.9. The number of para-hydroxylation sites is 1. The van der Waals surface area contributed by atoms with Crippen LogP contribution in [0.15, 0.2) is 60.7 Å². The fourth-order valence-electron chi connectivity index (χ4n) is 4.78. The summed E-state index contributed by atoms with van der Waals surface area (Å²) in [7, 11) is 0. The number of benzene rings is 2. The van der Waals surface area contributed by atoms with Gasteiger partial charge in [-0.25, -0.2) is 4.79 Å². The van der Waals surface area contributed by atoms with Crippen molar-refractivity contribution in [3.63, 3.8) is 0 Å². The predicted molar refractivity (Wildman–Crippen MR) is 120 cm³/mol. The van der Waals surface area contributed by atoms with Gasteiger partial charge < -0.3 is 14.6 Å². The van der Waals surface area contributed by atoms with Crippen LogP contribution in [0.25, 0.3) is 0 Å². The summed E-state index contributed by atoms with van der Waals surface area (Å²) in [6, 6.07) is 19.5. The molecule has 0 aliphatic heterocycles. The van der Waals surface area contributed by atoms with Crippen LogP contribution in [-0.2, 0) is 19.9 Å². The number of nitrogens with zero attached hydrogens (tertiary/aromatic N) is 1. The van der Waals surface area contributed by atoms with E-state index < -0.39 is 34.3 Å². The number of carbonyl (C=O) groups is 2. The quantitative estimate of drug-likeness (QED) is 0.392. The third-order valence-corrected chi connectivity index (χ3v) is 6.80. The molecule has 0 amide bonds. The fraction of sp³-hybridized carbons (Fsp3) is 0.370. The van der Waals surface area contributed by atoms with Crippen molar-refractivity contribution in [2.75, 3.05) is 6.61 Å². The van der Waals surface area contributed by atoms with E-state index in [4.69, 9.17) is 9.47 Å². The third-order valence-electron chi connectivity index (χ3n) is 6.80.